The Morgan fingerprint density at radius 2 is 1.81 bits per heavy atom. The first kappa shape index (κ1) is 22.0. The minimum absolute atomic E-state index is 0.0216. The van der Waals surface area contributed by atoms with Gasteiger partial charge in [0.05, 0.1) is 6.10 Å². The number of hydrogen-bond donors (Lipinski definition) is 2. The van der Waals surface area contributed by atoms with Gasteiger partial charge in [0.25, 0.3) is 0 Å². The Morgan fingerprint density at radius 3 is 2.44 bits per heavy atom. The Balaban J connectivity index is 1.98. The third-order valence-electron chi connectivity index (χ3n) is 5.65. The maximum atomic E-state index is 12.0. The number of carbonyl (C=O) groups excluding carboxylic acids is 1. The normalized spacial score (nSPS) is 25.1. The lowest BCUT2D eigenvalue weighted by molar-refractivity contribution is -0.127. The molecule has 0 bridgehead atoms. The summed E-state index contributed by atoms with van der Waals surface area (Å²) in [6.07, 6.45) is 8.75. The van der Waals surface area contributed by atoms with Crippen molar-refractivity contribution >= 4 is 11.9 Å². The molecule has 0 aromatic carbocycles. The van der Waals surface area contributed by atoms with E-state index in [1.807, 2.05) is 0 Å². The Labute approximate surface area is 165 Å². The fourth-order valence-corrected chi connectivity index (χ4v) is 4.12. The maximum Gasteiger partial charge on any atom is 0.243 e. The van der Waals surface area contributed by atoms with Gasteiger partial charge in [-0.2, -0.15) is 0 Å². The van der Waals surface area contributed by atoms with Crippen molar-refractivity contribution in [3.05, 3.63) is 0 Å². The van der Waals surface area contributed by atoms with Crippen molar-refractivity contribution in [1.29, 1.82) is 0 Å². The Morgan fingerprint density at radius 1 is 1.11 bits per heavy atom. The van der Waals surface area contributed by atoms with Gasteiger partial charge in [-0.3, -0.25) is 4.79 Å². The lowest BCUT2D eigenvalue weighted by atomic mass is 9.78. The highest BCUT2D eigenvalue weighted by Gasteiger charge is 2.35. The van der Waals surface area contributed by atoms with Gasteiger partial charge in [-0.05, 0) is 31.1 Å². The van der Waals surface area contributed by atoms with Crippen LogP contribution in [0, 0.1) is 11.3 Å². The smallest absolute Gasteiger partial charge is 0.243 e. The van der Waals surface area contributed by atoms with Crippen LogP contribution in [-0.2, 0) is 9.53 Å². The molecule has 1 aliphatic heterocycles. The van der Waals surface area contributed by atoms with Crippen LogP contribution in [-0.4, -0.2) is 62.7 Å². The summed E-state index contributed by atoms with van der Waals surface area (Å²) in [4.78, 5) is 18.1. The first-order valence-corrected chi connectivity index (χ1v) is 10.6. The van der Waals surface area contributed by atoms with Crippen LogP contribution in [0.5, 0.6) is 0 Å². The Bertz CT molecular complexity index is 493. The Hall–Kier alpha value is -1.30. The molecule has 2 rings (SSSR count). The van der Waals surface area contributed by atoms with E-state index in [-0.39, 0.29) is 24.0 Å². The third kappa shape index (κ3) is 7.32. The number of hydrogen-bond acceptors (Lipinski definition) is 3. The van der Waals surface area contributed by atoms with E-state index in [9.17, 15) is 4.79 Å². The van der Waals surface area contributed by atoms with Gasteiger partial charge in [0.1, 0.15) is 6.54 Å². The van der Waals surface area contributed by atoms with Gasteiger partial charge >= 0.3 is 0 Å². The van der Waals surface area contributed by atoms with Gasteiger partial charge in [-0.25, -0.2) is 4.99 Å². The minimum Gasteiger partial charge on any atom is -0.377 e. The number of amides is 1. The summed E-state index contributed by atoms with van der Waals surface area (Å²) in [7, 11) is 3.54. The van der Waals surface area contributed by atoms with Crippen LogP contribution in [0.1, 0.15) is 65.7 Å². The number of nitrogens with zero attached hydrogens (tertiary/aromatic N) is 2. The molecule has 1 heterocycles. The van der Waals surface area contributed by atoms with Gasteiger partial charge < -0.3 is 20.3 Å². The topological polar surface area (TPSA) is 66.0 Å². The number of carbonyl (C=O) groups is 1. The van der Waals surface area contributed by atoms with Gasteiger partial charge in [0.2, 0.25) is 5.91 Å². The predicted molar refractivity (Wildman–Crippen MR) is 111 cm³/mol. The highest BCUT2D eigenvalue weighted by Crippen LogP contribution is 2.33. The summed E-state index contributed by atoms with van der Waals surface area (Å²) in [5.74, 6) is 1.25. The second kappa shape index (κ2) is 10.3. The molecule has 0 spiro atoms. The maximum absolute atomic E-state index is 12.0. The van der Waals surface area contributed by atoms with Crippen molar-refractivity contribution in [2.75, 3.05) is 33.8 Å². The third-order valence-corrected chi connectivity index (χ3v) is 5.65. The zero-order chi connectivity index (χ0) is 19.9. The molecule has 27 heavy (non-hydrogen) atoms. The molecule has 0 radical (unpaired) electrons. The molecule has 2 N–H and O–H groups in total. The molecule has 1 amide bonds. The van der Waals surface area contributed by atoms with Gasteiger partial charge in [0.15, 0.2) is 5.96 Å². The van der Waals surface area contributed by atoms with Crippen molar-refractivity contribution in [1.82, 2.24) is 15.5 Å². The molecular weight excluding hydrogens is 340 g/mol. The fraction of sp³-hybridized carbons (Fsp3) is 0.905. The number of guanidine groups is 1. The molecule has 1 aliphatic carbocycles. The first-order chi connectivity index (χ1) is 12.8. The van der Waals surface area contributed by atoms with Crippen LogP contribution in [0.25, 0.3) is 0 Å². The van der Waals surface area contributed by atoms with E-state index in [2.05, 4.69) is 36.4 Å². The Kier molecular flexibility index (Phi) is 8.39. The summed E-state index contributed by atoms with van der Waals surface area (Å²) in [6, 6.07) is 0.459. The molecule has 0 aromatic rings. The second-order valence-electron chi connectivity index (χ2n) is 9.37. The number of aliphatic imine (C=N–C) groups is 1. The number of rotatable bonds is 5. The lowest BCUT2D eigenvalue weighted by Gasteiger charge is -2.40. The predicted octanol–water partition coefficient (Wildman–Crippen LogP) is 2.78. The molecule has 2 aliphatic rings. The highest BCUT2D eigenvalue weighted by atomic mass is 16.5. The second-order valence-corrected chi connectivity index (χ2v) is 9.37. The molecule has 1 saturated carbocycles. The average molecular weight is 381 g/mol. The molecular formula is C21H40N4O2. The zero-order valence-electron chi connectivity index (χ0n) is 18.0. The summed E-state index contributed by atoms with van der Waals surface area (Å²) >= 11 is 0. The molecule has 2 unspecified atom stereocenters. The first-order valence-electron chi connectivity index (χ1n) is 10.6. The standard InChI is InChI=1S/C21H40N4O2/c1-21(2,3)19-16(10-9-13-27-19)14-22-20(23-15-18(26)25(4)5)24-17-11-7-6-8-12-17/h16-17,19H,6-15H2,1-5H3,(H2,22,23,24). The summed E-state index contributed by atoms with van der Waals surface area (Å²) in [5, 5.41) is 7.09. The summed E-state index contributed by atoms with van der Waals surface area (Å²) < 4.78 is 6.11. The number of ether oxygens (including phenoxy) is 1. The molecule has 6 heteroatoms. The monoisotopic (exact) mass is 380 g/mol. The molecule has 2 fully saturated rings. The van der Waals surface area contributed by atoms with E-state index in [1.165, 1.54) is 38.5 Å². The quantitative estimate of drug-likeness (QED) is 0.569. The zero-order valence-corrected chi connectivity index (χ0v) is 18.0. The van der Waals surface area contributed by atoms with Crippen LogP contribution >= 0.6 is 0 Å². The van der Waals surface area contributed by atoms with Crippen molar-refractivity contribution in [3.8, 4) is 0 Å². The highest BCUT2D eigenvalue weighted by molar-refractivity contribution is 5.84. The van der Waals surface area contributed by atoms with E-state index >= 15 is 0 Å². The minimum atomic E-state index is 0.0216. The molecule has 6 nitrogen and oxygen atoms in total. The van der Waals surface area contributed by atoms with Crippen LogP contribution < -0.4 is 10.6 Å². The van der Waals surface area contributed by atoms with E-state index in [4.69, 9.17) is 4.74 Å². The van der Waals surface area contributed by atoms with Crippen molar-refractivity contribution in [2.45, 2.75) is 77.9 Å². The van der Waals surface area contributed by atoms with Crippen LogP contribution in [0.2, 0.25) is 0 Å². The number of nitrogens with one attached hydrogen (secondary N) is 2. The molecule has 1 saturated heterocycles. The van der Waals surface area contributed by atoms with E-state index in [0.29, 0.717) is 12.0 Å². The lowest BCUT2D eigenvalue weighted by Crippen LogP contribution is -2.50. The van der Waals surface area contributed by atoms with Gasteiger partial charge in [-0.15, -0.1) is 0 Å². The van der Waals surface area contributed by atoms with Crippen molar-refractivity contribution in [3.63, 3.8) is 0 Å². The van der Waals surface area contributed by atoms with E-state index in [0.717, 1.165) is 25.5 Å². The van der Waals surface area contributed by atoms with Crippen molar-refractivity contribution < 1.29 is 9.53 Å². The van der Waals surface area contributed by atoms with E-state index < -0.39 is 0 Å². The van der Waals surface area contributed by atoms with Gasteiger partial charge in [0, 0.05) is 39.2 Å². The number of likely N-dealkylation sites (N-methyl/N-ethyl adjacent to an activating group) is 1. The van der Waals surface area contributed by atoms with E-state index in [1.54, 1.807) is 19.0 Å². The molecule has 156 valence electrons. The largest absolute Gasteiger partial charge is 0.377 e. The fourth-order valence-electron chi connectivity index (χ4n) is 4.12. The van der Waals surface area contributed by atoms with Crippen LogP contribution in [0.4, 0.5) is 0 Å². The van der Waals surface area contributed by atoms with Crippen LogP contribution in [0.15, 0.2) is 4.99 Å². The average Bonchev–Trinajstić information content (AvgIpc) is 2.63. The molecule has 2 atom stereocenters. The van der Waals surface area contributed by atoms with Crippen molar-refractivity contribution in [2.24, 2.45) is 16.3 Å². The SMILES string of the molecule is CN(C)C(=O)CN=C(NCC1CCCOC1C(C)(C)C)NC1CCCCC1. The molecule has 0 aromatic heterocycles. The van der Waals surface area contributed by atoms with Gasteiger partial charge in [-0.1, -0.05) is 40.0 Å². The van der Waals surface area contributed by atoms with Crippen LogP contribution in [0.3, 0.4) is 0 Å². The summed E-state index contributed by atoms with van der Waals surface area (Å²) in [5.41, 5.74) is 0.127. The summed E-state index contributed by atoms with van der Waals surface area (Å²) in [6.45, 7) is 8.62.